The van der Waals surface area contributed by atoms with E-state index in [1.807, 2.05) is 0 Å². The largest absolute Gasteiger partial charge is 2.00 e. The Kier molecular flexibility index (Phi) is 22.5. The number of allylic oxidation sites excluding steroid dienone is 2. The minimum Gasteiger partial charge on any atom is -0.550 e. The summed E-state index contributed by atoms with van der Waals surface area (Å²) < 4.78 is 0. The number of hydrogen-bond donors (Lipinski definition) is 0. The van der Waals surface area contributed by atoms with Crippen LogP contribution in [0.15, 0.2) is 12.2 Å². The van der Waals surface area contributed by atoms with Gasteiger partial charge >= 0.3 is 27.7 Å². The van der Waals surface area contributed by atoms with Crippen molar-refractivity contribution >= 4 is 5.97 Å². The van der Waals surface area contributed by atoms with Gasteiger partial charge in [0.15, 0.2) is 0 Å². The molecule has 0 aromatic heterocycles. The number of carboxylic acids is 1. The molecule has 0 N–H and O–H groups in total. The molecule has 0 spiro atoms. The van der Waals surface area contributed by atoms with Crippen molar-refractivity contribution in [1.82, 2.24) is 0 Å². The van der Waals surface area contributed by atoms with E-state index in [0.29, 0.717) is 0 Å². The van der Waals surface area contributed by atoms with E-state index in [4.69, 9.17) is 0 Å². The molecule has 0 unspecified atom stereocenters. The summed E-state index contributed by atoms with van der Waals surface area (Å²) in [6.45, 7) is 2.26. The fourth-order valence-electron chi connectivity index (χ4n) is 2.34. The van der Waals surface area contributed by atoms with Gasteiger partial charge in [0.1, 0.15) is 0 Å². The molecule has 0 rings (SSSR count). The molecule has 0 aliphatic rings. The van der Waals surface area contributed by atoms with Crippen molar-refractivity contribution in [3.63, 3.8) is 0 Å². The molecule has 2 nitrogen and oxygen atoms in total. The third-order valence-electron chi connectivity index (χ3n) is 3.64. The summed E-state index contributed by atoms with van der Waals surface area (Å²) in [6, 6.07) is 0. The van der Waals surface area contributed by atoms with Crippen LogP contribution in [-0.4, -0.2) is 5.97 Å². The first-order chi connectivity index (χ1) is 9.77. The molecule has 118 valence electrons. The van der Waals surface area contributed by atoms with Crippen molar-refractivity contribution < 1.29 is 37.6 Å². The van der Waals surface area contributed by atoms with Crippen LogP contribution >= 0.6 is 0 Å². The van der Waals surface area contributed by atoms with Crippen molar-refractivity contribution in [2.75, 3.05) is 0 Å². The summed E-state index contributed by atoms with van der Waals surface area (Å²) in [6.07, 6.45) is 20.9. The van der Waals surface area contributed by atoms with Gasteiger partial charge in [0.25, 0.3) is 0 Å². The Balaban J connectivity index is 0. The third-order valence-corrected chi connectivity index (χ3v) is 3.64. The van der Waals surface area contributed by atoms with Crippen LogP contribution in [0.25, 0.3) is 0 Å². The average Bonchev–Trinajstić information content (AvgIpc) is 2.43. The van der Waals surface area contributed by atoms with Crippen LogP contribution in [0.4, 0.5) is 0 Å². The molecule has 0 saturated carbocycles. The summed E-state index contributed by atoms with van der Waals surface area (Å²) >= 11 is 0. The first-order valence-electron chi connectivity index (χ1n) is 8.62. The molecule has 0 fully saturated rings. The monoisotopic (exact) mass is 483 g/mol. The zero-order valence-corrected chi connectivity index (χ0v) is 19.6. The second kappa shape index (κ2) is 20.1. The van der Waals surface area contributed by atoms with Gasteiger partial charge in [0.2, 0.25) is 0 Å². The minimum absolute atomic E-state index is 0. The zero-order chi connectivity index (χ0) is 14.9. The maximum atomic E-state index is 10.2. The SMILES string of the molecule is CCCCCCCC/C=C\CCCCCCCC(=O)[O-].[Hg+2]. The van der Waals surface area contributed by atoms with E-state index >= 15 is 0 Å². The van der Waals surface area contributed by atoms with Crippen molar-refractivity contribution in [2.24, 2.45) is 0 Å². The third kappa shape index (κ3) is 22.6. The van der Waals surface area contributed by atoms with E-state index in [-0.39, 0.29) is 34.1 Å². The molecule has 21 heavy (non-hydrogen) atoms. The molecule has 0 aromatic rings. The Morgan fingerprint density at radius 2 is 1.19 bits per heavy atom. The smallest absolute Gasteiger partial charge is 0.550 e. The van der Waals surface area contributed by atoms with Crippen LogP contribution in [-0.2, 0) is 32.5 Å². The molecular formula is C18H33HgO2+. The van der Waals surface area contributed by atoms with Crippen molar-refractivity contribution in [3.05, 3.63) is 12.2 Å². The van der Waals surface area contributed by atoms with E-state index < -0.39 is 5.97 Å². The van der Waals surface area contributed by atoms with Crippen molar-refractivity contribution in [2.45, 2.75) is 96.8 Å². The van der Waals surface area contributed by atoms with Gasteiger partial charge in [-0.3, -0.25) is 0 Å². The van der Waals surface area contributed by atoms with E-state index in [0.717, 1.165) is 19.3 Å². The molecule has 0 amide bonds. The number of hydrogen-bond acceptors (Lipinski definition) is 2. The number of rotatable bonds is 15. The van der Waals surface area contributed by atoms with Crippen LogP contribution in [0, 0.1) is 0 Å². The second-order valence-electron chi connectivity index (χ2n) is 5.71. The summed E-state index contributed by atoms with van der Waals surface area (Å²) in [5.74, 6) is -0.914. The fourth-order valence-corrected chi connectivity index (χ4v) is 2.34. The van der Waals surface area contributed by atoms with Crippen LogP contribution < -0.4 is 5.11 Å². The maximum absolute atomic E-state index is 10.2. The van der Waals surface area contributed by atoms with Gasteiger partial charge in [-0.05, 0) is 38.5 Å². The first kappa shape index (κ1) is 23.4. The average molecular weight is 482 g/mol. The number of carboxylic acid groups (broad SMARTS) is 1. The first-order valence-corrected chi connectivity index (χ1v) is 8.62. The molecule has 0 saturated heterocycles. The molecular weight excluding hydrogens is 449 g/mol. The Bertz CT molecular complexity index is 239. The Labute approximate surface area is 152 Å². The Morgan fingerprint density at radius 3 is 1.67 bits per heavy atom. The van der Waals surface area contributed by atoms with Crippen molar-refractivity contribution in [1.29, 1.82) is 0 Å². The predicted octanol–water partition coefficient (Wildman–Crippen LogP) is 4.77. The van der Waals surface area contributed by atoms with Gasteiger partial charge < -0.3 is 9.90 Å². The molecule has 0 aromatic carbocycles. The van der Waals surface area contributed by atoms with E-state index in [1.165, 1.54) is 64.2 Å². The van der Waals surface area contributed by atoms with Gasteiger partial charge in [-0.25, -0.2) is 0 Å². The van der Waals surface area contributed by atoms with Crippen LogP contribution in [0.5, 0.6) is 0 Å². The van der Waals surface area contributed by atoms with Crippen molar-refractivity contribution in [3.8, 4) is 0 Å². The Hall–Kier alpha value is 0.145. The zero-order valence-electron chi connectivity index (χ0n) is 14.1. The fraction of sp³-hybridized carbons (Fsp3) is 0.833. The molecule has 0 radical (unpaired) electrons. The number of carbonyl (C=O) groups excluding carboxylic acids is 1. The van der Waals surface area contributed by atoms with E-state index in [2.05, 4.69) is 19.1 Å². The van der Waals surface area contributed by atoms with Gasteiger partial charge in [-0.15, -0.1) is 0 Å². The Morgan fingerprint density at radius 1 is 0.762 bits per heavy atom. The van der Waals surface area contributed by atoms with E-state index in [9.17, 15) is 9.90 Å². The predicted molar refractivity (Wildman–Crippen MR) is 84.5 cm³/mol. The summed E-state index contributed by atoms with van der Waals surface area (Å²) in [5.41, 5.74) is 0. The van der Waals surface area contributed by atoms with Gasteiger partial charge in [0, 0.05) is 5.97 Å². The molecule has 0 atom stereocenters. The number of carbonyl (C=O) groups is 1. The topological polar surface area (TPSA) is 40.1 Å². The van der Waals surface area contributed by atoms with Gasteiger partial charge in [-0.2, -0.15) is 0 Å². The second-order valence-corrected chi connectivity index (χ2v) is 5.71. The molecule has 0 aliphatic carbocycles. The van der Waals surface area contributed by atoms with Gasteiger partial charge in [0.05, 0.1) is 0 Å². The van der Waals surface area contributed by atoms with Crippen LogP contribution in [0.3, 0.4) is 0 Å². The summed E-state index contributed by atoms with van der Waals surface area (Å²) in [7, 11) is 0. The minimum atomic E-state index is -0.914. The number of unbranched alkanes of at least 4 members (excludes halogenated alkanes) is 11. The molecule has 0 aliphatic heterocycles. The van der Waals surface area contributed by atoms with Crippen LogP contribution in [0.2, 0.25) is 0 Å². The normalized spacial score (nSPS) is 10.7. The molecule has 3 heteroatoms. The number of aliphatic carboxylic acids is 1. The standard InChI is InChI=1S/C18H34O2.Hg/c1-2-3-4-5-6-7-8-9-10-11-12-13-14-15-16-17-18(19)20;/h9-10H,2-8,11-17H2,1H3,(H,19,20);/q;+2/p-1/b10-9-;. The molecule has 0 heterocycles. The van der Waals surface area contributed by atoms with E-state index in [1.54, 1.807) is 0 Å². The summed E-state index contributed by atoms with van der Waals surface area (Å²) in [5, 5.41) is 10.2. The van der Waals surface area contributed by atoms with Gasteiger partial charge in [-0.1, -0.05) is 70.4 Å². The quantitative estimate of drug-likeness (QED) is 0.192. The molecule has 0 bridgehead atoms. The van der Waals surface area contributed by atoms with Crippen LogP contribution in [0.1, 0.15) is 96.8 Å². The maximum Gasteiger partial charge on any atom is 2.00 e. The summed E-state index contributed by atoms with van der Waals surface area (Å²) in [4.78, 5) is 10.2.